The summed E-state index contributed by atoms with van der Waals surface area (Å²) in [6.45, 7) is 8.41. The number of ether oxygens (including phenoxy) is 1. The Morgan fingerprint density at radius 2 is 1.69 bits per heavy atom. The maximum Gasteiger partial charge on any atom is 0.254 e. The molecule has 0 unspecified atom stereocenters. The summed E-state index contributed by atoms with van der Waals surface area (Å²) >= 11 is 1.27. The highest BCUT2D eigenvalue weighted by Crippen LogP contribution is 2.21. The van der Waals surface area contributed by atoms with Crippen LogP contribution in [0.25, 0.3) is 0 Å². The summed E-state index contributed by atoms with van der Waals surface area (Å²) in [6.07, 6.45) is 0.179. The predicted molar refractivity (Wildman–Crippen MR) is 154 cm³/mol. The molecule has 1 aromatic heterocycles. The molecule has 0 bridgehead atoms. The average Bonchev–Trinajstić information content (AvgIpc) is 3.38. The molecule has 0 saturated carbocycles. The van der Waals surface area contributed by atoms with Crippen LogP contribution < -0.4 is 15.0 Å². The molecule has 3 amide bonds. The molecule has 1 aliphatic rings. The molecule has 4 rings (SSSR count). The number of hydrogen-bond donors (Lipinski definition) is 1. The van der Waals surface area contributed by atoms with E-state index in [1.54, 1.807) is 24.6 Å². The molecule has 0 spiro atoms. The van der Waals surface area contributed by atoms with Gasteiger partial charge in [0.15, 0.2) is 5.13 Å². The summed E-state index contributed by atoms with van der Waals surface area (Å²) in [7, 11) is 1.65. The quantitative estimate of drug-likeness (QED) is 0.436. The molecule has 9 nitrogen and oxygen atoms in total. The first-order valence-corrected chi connectivity index (χ1v) is 13.9. The monoisotopic (exact) mass is 549 g/mol. The van der Waals surface area contributed by atoms with Crippen molar-refractivity contribution in [2.75, 3.05) is 50.1 Å². The molecular weight excluding hydrogens is 514 g/mol. The minimum absolute atomic E-state index is 0.0160. The van der Waals surface area contributed by atoms with Crippen LogP contribution in [-0.2, 0) is 16.0 Å². The summed E-state index contributed by atoms with van der Waals surface area (Å²) in [4.78, 5) is 48.7. The molecule has 1 saturated heterocycles. The van der Waals surface area contributed by atoms with E-state index in [0.29, 0.717) is 29.5 Å². The van der Waals surface area contributed by atoms with E-state index in [-0.39, 0.29) is 36.7 Å². The van der Waals surface area contributed by atoms with E-state index >= 15 is 0 Å². The fraction of sp³-hybridized carbons (Fsp3) is 0.379. The number of carbonyl (C=O) groups is 3. The van der Waals surface area contributed by atoms with Crippen molar-refractivity contribution in [3.05, 3.63) is 70.7 Å². The topological polar surface area (TPSA) is 95.1 Å². The fourth-order valence-corrected chi connectivity index (χ4v) is 5.11. The van der Waals surface area contributed by atoms with Gasteiger partial charge in [0.2, 0.25) is 11.8 Å². The summed E-state index contributed by atoms with van der Waals surface area (Å²) in [5, 5.41) is 4.99. The van der Waals surface area contributed by atoms with Crippen LogP contribution in [0.4, 0.5) is 10.8 Å². The fourth-order valence-electron chi connectivity index (χ4n) is 4.38. The number of nitrogens with one attached hydrogen (secondary N) is 1. The van der Waals surface area contributed by atoms with Crippen LogP contribution in [0.1, 0.15) is 35.5 Å². The number of rotatable bonds is 9. The van der Waals surface area contributed by atoms with Crippen LogP contribution in [0, 0.1) is 6.92 Å². The lowest BCUT2D eigenvalue weighted by Gasteiger charge is -2.36. The lowest BCUT2D eigenvalue weighted by Crippen LogP contribution is -2.49. The second-order valence-electron chi connectivity index (χ2n) is 9.83. The Labute approximate surface area is 233 Å². The van der Waals surface area contributed by atoms with E-state index in [2.05, 4.69) is 15.2 Å². The van der Waals surface area contributed by atoms with Crippen molar-refractivity contribution >= 4 is 39.9 Å². The summed E-state index contributed by atoms with van der Waals surface area (Å²) in [6, 6.07) is 15.1. The van der Waals surface area contributed by atoms with E-state index in [1.807, 2.05) is 62.1 Å². The number of carbonyl (C=O) groups excluding carboxylic acids is 3. The van der Waals surface area contributed by atoms with Crippen molar-refractivity contribution < 1.29 is 19.1 Å². The third kappa shape index (κ3) is 7.35. The summed E-state index contributed by atoms with van der Waals surface area (Å²) in [5.41, 5.74) is 3.34. The van der Waals surface area contributed by atoms with E-state index in [0.717, 1.165) is 30.1 Å². The van der Waals surface area contributed by atoms with Crippen molar-refractivity contribution in [1.29, 1.82) is 0 Å². The second-order valence-corrected chi connectivity index (χ2v) is 10.7. The molecule has 2 aromatic carbocycles. The first kappa shape index (κ1) is 28.1. The van der Waals surface area contributed by atoms with Crippen molar-refractivity contribution in [2.45, 2.75) is 33.2 Å². The van der Waals surface area contributed by atoms with Gasteiger partial charge in [-0.25, -0.2) is 4.98 Å². The lowest BCUT2D eigenvalue weighted by molar-refractivity contribution is -0.130. The van der Waals surface area contributed by atoms with Gasteiger partial charge < -0.3 is 24.8 Å². The van der Waals surface area contributed by atoms with Gasteiger partial charge in [0.25, 0.3) is 5.91 Å². The predicted octanol–water partition coefficient (Wildman–Crippen LogP) is 3.84. The standard InChI is InChI=1S/C29H35N5O4S/c1-20(2)34(28(37)22-7-5-21(3)6-8-22)18-26(35)31-29-30-23(19-39-29)17-27(36)33-15-13-32(14-16-33)24-9-11-25(38-4)12-10-24/h5-12,19-20H,13-18H2,1-4H3,(H,30,31,35). The zero-order valence-corrected chi connectivity index (χ0v) is 23.7. The molecule has 206 valence electrons. The lowest BCUT2D eigenvalue weighted by atomic mass is 10.1. The minimum atomic E-state index is -0.328. The average molecular weight is 550 g/mol. The van der Waals surface area contributed by atoms with Gasteiger partial charge in [0, 0.05) is 48.9 Å². The van der Waals surface area contributed by atoms with Crippen molar-refractivity contribution in [3.63, 3.8) is 0 Å². The van der Waals surface area contributed by atoms with Gasteiger partial charge in [-0.15, -0.1) is 11.3 Å². The van der Waals surface area contributed by atoms with Crippen LogP contribution in [0.3, 0.4) is 0 Å². The first-order valence-electron chi connectivity index (χ1n) is 13.0. The number of aromatic nitrogens is 1. The number of nitrogens with zero attached hydrogens (tertiary/aromatic N) is 4. The first-order chi connectivity index (χ1) is 18.7. The van der Waals surface area contributed by atoms with Crippen molar-refractivity contribution in [2.24, 2.45) is 0 Å². The Balaban J connectivity index is 1.27. The van der Waals surface area contributed by atoms with Crippen LogP contribution in [-0.4, -0.2) is 78.4 Å². The SMILES string of the molecule is COc1ccc(N2CCN(C(=O)Cc3csc(NC(=O)CN(C(=O)c4ccc(C)cc4)C(C)C)n3)CC2)cc1. The van der Waals surface area contributed by atoms with E-state index < -0.39 is 0 Å². The number of benzene rings is 2. The maximum absolute atomic E-state index is 13.0. The highest BCUT2D eigenvalue weighted by molar-refractivity contribution is 7.13. The van der Waals surface area contributed by atoms with Gasteiger partial charge in [-0.3, -0.25) is 14.4 Å². The number of hydrogen-bond acceptors (Lipinski definition) is 7. The van der Waals surface area contributed by atoms with Gasteiger partial charge in [-0.2, -0.15) is 0 Å². The molecular formula is C29H35N5O4S. The number of piperazine rings is 1. The van der Waals surface area contributed by atoms with Gasteiger partial charge in [-0.05, 0) is 57.2 Å². The molecule has 0 aliphatic carbocycles. The summed E-state index contributed by atoms with van der Waals surface area (Å²) in [5.74, 6) is 0.310. The van der Waals surface area contributed by atoms with Crippen molar-refractivity contribution in [3.8, 4) is 5.75 Å². The van der Waals surface area contributed by atoms with Gasteiger partial charge in [-0.1, -0.05) is 17.7 Å². The second kappa shape index (κ2) is 12.8. The maximum atomic E-state index is 13.0. The highest BCUT2D eigenvalue weighted by Gasteiger charge is 2.24. The molecule has 1 N–H and O–H groups in total. The Hall–Kier alpha value is -3.92. The van der Waals surface area contributed by atoms with Crippen LogP contribution in [0.2, 0.25) is 0 Å². The number of thiazole rings is 1. The zero-order valence-electron chi connectivity index (χ0n) is 22.8. The molecule has 0 radical (unpaired) electrons. The minimum Gasteiger partial charge on any atom is -0.497 e. The van der Waals surface area contributed by atoms with Crippen LogP contribution in [0.5, 0.6) is 5.75 Å². The molecule has 0 atom stereocenters. The molecule has 3 aromatic rings. The van der Waals surface area contributed by atoms with E-state index in [9.17, 15) is 14.4 Å². The molecule has 10 heteroatoms. The smallest absolute Gasteiger partial charge is 0.254 e. The third-order valence-corrected chi connectivity index (χ3v) is 7.50. The molecule has 1 fully saturated rings. The van der Waals surface area contributed by atoms with E-state index in [1.165, 1.54) is 16.2 Å². The number of anilines is 2. The third-order valence-electron chi connectivity index (χ3n) is 6.70. The largest absolute Gasteiger partial charge is 0.497 e. The zero-order chi connectivity index (χ0) is 27.9. The molecule has 39 heavy (non-hydrogen) atoms. The number of methoxy groups -OCH3 is 1. The Morgan fingerprint density at radius 1 is 1.03 bits per heavy atom. The normalized spacial score (nSPS) is 13.4. The summed E-state index contributed by atoms with van der Waals surface area (Å²) < 4.78 is 5.22. The van der Waals surface area contributed by atoms with Crippen LogP contribution >= 0.6 is 11.3 Å². The Kier molecular flexibility index (Phi) is 9.19. The number of aryl methyl sites for hydroxylation is 1. The van der Waals surface area contributed by atoms with E-state index in [4.69, 9.17) is 4.74 Å². The molecule has 2 heterocycles. The highest BCUT2D eigenvalue weighted by atomic mass is 32.1. The Morgan fingerprint density at radius 3 is 2.31 bits per heavy atom. The Bertz CT molecular complexity index is 1280. The van der Waals surface area contributed by atoms with Gasteiger partial charge >= 0.3 is 0 Å². The van der Waals surface area contributed by atoms with Gasteiger partial charge in [0.1, 0.15) is 12.3 Å². The van der Waals surface area contributed by atoms with Crippen LogP contribution in [0.15, 0.2) is 53.9 Å². The van der Waals surface area contributed by atoms with Gasteiger partial charge in [0.05, 0.1) is 19.2 Å². The number of amides is 3. The van der Waals surface area contributed by atoms with Crippen molar-refractivity contribution in [1.82, 2.24) is 14.8 Å². The molecule has 1 aliphatic heterocycles.